The summed E-state index contributed by atoms with van der Waals surface area (Å²) in [5.41, 5.74) is 2.19. The second-order valence-corrected chi connectivity index (χ2v) is 7.61. The average molecular weight is 412 g/mol. The molecule has 0 aliphatic heterocycles. The molecule has 0 bridgehead atoms. The number of methoxy groups -OCH3 is 1. The number of hydrogen-bond acceptors (Lipinski definition) is 4. The summed E-state index contributed by atoms with van der Waals surface area (Å²) < 4.78 is 11.7. The van der Waals surface area contributed by atoms with E-state index in [-0.39, 0.29) is 18.6 Å². The van der Waals surface area contributed by atoms with E-state index in [9.17, 15) is 5.11 Å². The van der Waals surface area contributed by atoms with Crippen molar-refractivity contribution >= 4 is 5.96 Å². The van der Waals surface area contributed by atoms with Crippen LogP contribution in [0.1, 0.15) is 42.7 Å². The van der Waals surface area contributed by atoms with E-state index in [0.29, 0.717) is 19.0 Å². The Labute approximate surface area is 179 Å². The van der Waals surface area contributed by atoms with Gasteiger partial charge in [0.25, 0.3) is 0 Å². The van der Waals surface area contributed by atoms with Gasteiger partial charge >= 0.3 is 0 Å². The van der Waals surface area contributed by atoms with E-state index in [1.807, 2.05) is 48.5 Å². The smallest absolute Gasteiger partial charge is 0.191 e. The minimum Gasteiger partial charge on any atom is -0.493 e. The summed E-state index contributed by atoms with van der Waals surface area (Å²) in [6.07, 6.45) is 4.96. The summed E-state index contributed by atoms with van der Waals surface area (Å²) in [5, 5.41) is 16.4. The first kappa shape index (κ1) is 22.0. The van der Waals surface area contributed by atoms with E-state index in [0.717, 1.165) is 35.5 Å². The summed E-state index contributed by atoms with van der Waals surface area (Å²) in [7, 11) is 3.42. The van der Waals surface area contributed by atoms with Gasteiger partial charge < -0.3 is 25.2 Å². The van der Waals surface area contributed by atoms with E-state index < -0.39 is 0 Å². The van der Waals surface area contributed by atoms with Gasteiger partial charge in [-0.05, 0) is 48.9 Å². The van der Waals surface area contributed by atoms with Crippen LogP contribution in [-0.2, 0) is 6.54 Å². The Morgan fingerprint density at radius 2 is 1.87 bits per heavy atom. The maximum atomic E-state index is 9.74. The molecule has 0 radical (unpaired) electrons. The molecule has 1 atom stereocenters. The molecule has 1 saturated carbocycles. The maximum Gasteiger partial charge on any atom is 0.191 e. The summed E-state index contributed by atoms with van der Waals surface area (Å²) >= 11 is 0. The summed E-state index contributed by atoms with van der Waals surface area (Å²) in [6, 6.07) is 16.0. The second-order valence-electron chi connectivity index (χ2n) is 7.61. The molecular weight excluding hydrogens is 378 g/mol. The summed E-state index contributed by atoms with van der Waals surface area (Å²) in [4.78, 5) is 4.30. The van der Waals surface area contributed by atoms with Crippen molar-refractivity contribution in [3.63, 3.8) is 0 Å². The predicted molar refractivity (Wildman–Crippen MR) is 120 cm³/mol. The molecule has 3 rings (SSSR count). The van der Waals surface area contributed by atoms with Crippen molar-refractivity contribution in [2.45, 2.75) is 44.2 Å². The lowest BCUT2D eigenvalue weighted by atomic mass is 10.0. The molecule has 162 valence electrons. The van der Waals surface area contributed by atoms with Crippen LogP contribution in [0.2, 0.25) is 0 Å². The molecule has 1 fully saturated rings. The van der Waals surface area contributed by atoms with Crippen molar-refractivity contribution in [2.24, 2.45) is 4.99 Å². The Balaban J connectivity index is 1.56. The highest BCUT2D eigenvalue weighted by molar-refractivity contribution is 5.79. The van der Waals surface area contributed by atoms with E-state index in [1.165, 1.54) is 12.8 Å². The number of nitrogens with one attached hydrogen (secondary N) is 2. The van der Waals surface area contributed by atoms with Crippen LogP contribution in [0.4, 0.5) is 0 Å². The van der Waals surface area contributed by atoms with Crippen molar-refractivity contribution in [2.75, 3.05) is 27.3 Å². The van der Waals surface area contributed by atoms with Gasteiger partial charge in [0.15, 0.2) is 17.5 Å². The van der Waals surface area contributed by atoms with Crippen LogP contribution in [0.15, 0.2) is 53.5 Å². The van der Waals surface area contributed by atoms with Crippen molar-refractivity contribution < 1.29 is 14.6 Å². The fraction of sp³-hybridized carbons (Fsp3) is 0.458. The summed E-state index contributed by atoms with van der Waals surface area (Å²) in [6.45, 7) is 1.28. The van der Waals surface area contributed by atoms with Crippen LogP contribution in [0, 0.1) is 0 Å². The third kappa shape index (κ3) is 6.13. The van der Waals surface area contributed by atoms with Crippen LogP contribution < -0.4 is 20.1 Å². The number of guanidine groups is 1. The van der Waals surface area contributed by atoms with Crippen LogP contribution >= 0.6 is 0 Å². The van der Waals surface area contributed by atoms with Crippen LogP contribution in [0.3, 0.4) is 0 Å². The van der Waals surface area contributed by atoms with Crippen molar-refractivity contribution in [3.05, 3.63) is 59.7 Å². The Morgan fingerprint density at radius 3 is 2.53 bits per heavy atom. The zero-order valence-corrected chi connectivity index (χ0v) is 17.9. The largest absolute Gasteiger partial charge is 0.493 e. The lowest BCUT2D eigenvalue weighted by Gasteiger charge is -2.19. The van der Waals surface area contributed by atoms with Gasteiger partial charge in [0.05, 0.1) is 19.8 Å². The Bertz CT molecular complexity index is 805. The topological polar surface area (TPSA) is 75.1 Å². The van der Waals surface area contributed by atoms with Gasteiger partial charge in [-0.2, -0.15) is 0 Å². The number of ether oxygens (including phenoxy) is 2. The summed E-state index contributed by atoms with van der Waals surface area (Å²) in [5.74, 6) is 2.27. The number of aliphatic hydroxyl groups is 1. The fourth-order valence-corrected chi connectivity index (χ4v) is 3.75. The van der Waals surface area contributed by atoms with Gasteiger partial charge in [0.1, 0.15) is 0 Å². The van der Waals surface area contributed by atoms with Gasteiger partial charge in [-0.15, -0.1) is 0 Å². The average Bonchev–Trinajstić information content (AvgIpc) is 3.30. The van der Waals surface area contributed by atoms with Crippen molar-refractivity contribution in [1.82, 2.24) is 10.6 Å². The number of rotatable bonds is 9. The third-order valence-corrected chi connectivity index (χ3v) is 5.51. The molecule has 1 aliphatic carbocycles. The monoisotopic (exact) mass is 411 g/mol. The van der Waals surface area contributed by atoms with Gasteiger partial charge in [0, 0.05) is 26.1 Å². The second kappa shape index (κ2) is 11.5. The molecule has 0 saturated heterocycles. The first-order valence-electron chi connectivity index (χ1n) is 10.7. The minimum absolute atomic E-state index is 0.0113. The van der Waals surface area contributed by atoms with E-state index in [2.05, 4.69) is 15.6 Å². The molecule has 0 aromatic heterocycles. The van der Waals surface area contributed by atoms with Gasteiger partial charge in [-0.3, -0.25) is 4.99 Å². The van der Waals surface area contributed by atoms with Crippen molar-refractivity contribution in [1.29, 1.82) is 0 Å². The van der Waals surface area contributed by atoms with Gasteiger partial charge in [-0.1, -0.05) is 36.4 Å². The molecule has 6 heteroatoms. The predicted octanol–water partition coefficient (Wildman–Crippen LogP) is 3.46. The fourth-order valence-electron chi connectivity index (χ4n) is 3.75. The van der Waals surface area contributed by atoms with Gasteiger partial charge in [0.2, 0.25) is 0 Å². The number of nitrogens with zero attached hydrogens (tertiary/aromatic N) is 1. The first-order valence-corrected chi connectivity index (χ1v) is 10.7. The highest BCUT2D eigenvalue weighted by Gasteiger charge is 2.18. The SMILES string of the molecule is CN=C(NCc1ccc(OC)c(OC2CCCC2)c1)NCC(CO)c1ccccc1. The molecule has 1 unspecified atom stereocenters. The van der Waals surface area contributed by atoms with E-state index in [1.54, 1.807) is 14.2 Å². The van der Waals surface area contributed by atoms with E-state index in [4.69, 9.17) is 9.47 Å². The van der Waals surface area contributed by atoms with Crippen molar-refractivity contribution in [3.8, 4) is 11.5 Å². The zero-order valence-electron chi connectivity index (χ0n) is 17.9. The number of aliphatic imine (C=N–C) groups is 1. The standard InChI is InChI=1S/C24H33N3O3/c1-25-24(27-16-20(17-28)19-8-4-3-5-9-19)26-15-18-12-13-22(29-2)23(14-18)30-21-10-6-7-11-21/h3-5,8-9,12-14,20-21,28H,6-7,10-11,15-17H2,1-2H3,(H2,25,26,27). The quantitative estimate of drug-likeness (QED) is 0.435. The molecule has 30 heavy (non-hydrogen) atoms. The molecule has 0 spiro atoms. The lowest BCUT2D eigenvalue weighted by Crippen LogP contribution is -2.39. The van der Waals surface area contributed by atoms with E-state index >= 15 is 0 Å². The number of hydrogen-bond donors (Lipinski definition) is 3. The lowest BCUT2D eigenvalue weighted by molar-refractivity contribution is 0.200. The Hall–Kier alpha value is -2.73. The maximum absolute atomic E-state index is 9.74. The highest BCUT2D eigenvalue weighted by Crippen LogP contribution is 2.32. The molecule has 0 amide bonds. The molecule has 2 aromatic rings. The third-order valence-electron chi connectivity index (χ3n) is 5.51. The number of benzene rings is 2. The van der Waals surface area contributed by atoms with Crippen LogP contribution in [0.5, 0.6) is 11.5 Å². The Morgan fingerprint density at radius 1 is 1.10 bits per heavy atom. The van der Waals surface area contributed by atoms with Gasteiger partial charge in [-0.25, -0.2) is 0 Å². The minimum atomic E-state index is 0.0113. The normalized spacial score (nSPS) is 15.6. The zero-order chi connectivity index (χ0) is 21.2. The molecule has 0 heterocycles. The van der Waals surface area contributed by atoms with Crippen LogP contribution in [0.25, 0.3) is 0 Å². The molecule has 6 nitrogen and oxygen atoms in total. The molecule has 1 aliphatic rings. The molecule has 2 aromatic carbocycles. The molecular formula is C24H33N3O3. The number of aliphatic hydroxyl groups excluding tert-OH is 1. The van der Waals surface area contributed by atoms with Crippen LogP contribution in [-0.4, -0.2) is 44.5 Å². The first-order chi connectivity index (χ1) is 14.7. The molecule has 3 N–H and O–H groups in total. The Kier molecular flexibility index (Phi) is 8.39. The highest BCUT2D eigenvalue weighted by atomic mass is 16.5.